The molecule has 0 aliphatic carbocycles. The Balaban J connectivity index is 1.39. The van der Waals surface area contributed by atoms with Gasteiger partial charge in [0.25, 0.3) is 5.91 Å². The second kappa shape index (κ2) is 7.41. The van der Waals surface area contributed by atoms with Gasteiger partial charge in [-0.15, -0.1) is 0 Å². The van der Waals surface area contributed by atoms with Gasteiger partial charge in [0, 0.05) is 45.5 Å². The number of hydrogen-bond acceptors (Lipinski definition) is 6. The maximum absolute atomic E-state index is 12.7. The number of nitrogens with one attached hydrogen (secondary N) is 1. The predicted molar refractivity (Wildman–Crippen MR) is 105 cm³/mol. The van der Waals surface area contributed by atoms with Crippen molar-refractivity contribution < 1.29 is 9.59 Å². The molecule has 0 atom stereocenters. The number of amides is 3. The summed E-state index contributed by atoms with van der Waals surface area (Å²) in [6.45, 7) is 7.88. The SMILES string of the molecule is Cc1cnc(N2CCN(C(=O)c3cnc(N4CCNC4=O)cn3)CC2)c(C)c1. The Morgan fingerprint density at radius 3 is 2.39 bits per heavy atom. The number of nitrogens with zero attached hydrogens (tertiary/aromatic N) is 6. The summed E-state index contributed by atoms with van der Waals surface area (Å²) in [4.78, 5) is 43.0. The summed E-state index contributed by atoms with van der Waals surface area (Å²) in [5, 5.41) is 2.72. The molecule has 3 amide bonds. The van der Waals surface area contributed by atoms with E-state index in [4.69, 9.17) is 0 Å². The van der Waals surface area contributed by atoms with Crippen molar-refractivity contribution in [1.29, 1.82) is 0 Å². The molecule has 0 bridgehead atoms. The Hall–Kier alpha value is -3.23. The van der Waals surface area contributed by atoms with Gasteiger partial charge in [-0.25, -0.2) is 19.7 Å². The van der Waals surface area contributed by atoms with Crippen molar-refractivity contribution in [3.05, 3.63) is 41.5 Å². The second-order valence-electron chi connectivity index (χ2n) is 7.08. The number of carbonyl (C=O) groups excluding carboxylic acids is 2. The smallest absolute Gasteiger partial charge is 0.323 e. The molecule has 9 nitrogen and oxygen atoms in total. The van der Waals surface area contributed by atoms with E-state index in [1.54, 1.807) is 4.90 Å². The molecule has 2 aliphatic rings. The number of piperazine rings is 1. The summed E-state index contributed by atoms with van der Waals surface area (Å²) in [5.41, 5.74) is 2.58. The van der Waals surface area contributed by atoms with Crippen LogP contribution in [0.15, 0.2) is 24.7 Å². The van der Waals surface area contributed by atoms with Crippen LogP contribution in [0.2, 0.25) is 0 Å². The topological polar surface area (TPSA) is 94.6 Å². The van der Waals surface area contributed by atoms with E-state index in [-0.39, 0.29) is 11.9 Å². The van der Waals surface area contributed by atoms with Crippen LogP contribution >= 0.6 is 0 Å². The van der Waals surface area contributed by atoms with Gasteiger partial charge in [0.2, 0.25) is 0 Å². The van der Waals surface area contributed by atoms with E-state index in [0.717, 1.165) is 30.0 Å². The van der Waals surface area contributed by atoms with Crippen LogP contribution in [0.25, 0.3) is 0 Å². The van der Waals surface area contributed by atoms with E-state index in [1.165, 1.54) is 17.3 Å². The molecule has 28 heavy (non-hydrogen) atoms. The molecule has 2 aliphatic heterocycles. The fourth-order valence-corrected chi connectivity index (χ4v) is 3.58. The first-order valence-electron chi connectivity index (χ1n) is 9.38. The zero-order chi connectivity index (χ0) is 19.7. The number of rotatable bonds is 3. The Bertz CT molecular complexity index is 892. The van der Waals surface area contributed by atoms with Gasteiger partial charge < -0.3 is 15.1 Å². The number of aromatic nitrogens is 3. The summed E-state index contributed by atoms with van der Waals surface area (Å²) in [6, 6.07) is 1.93. The summed E-state index contributed by atoms with van der Waals surface area (Å²) < 4.78 is 0. The average Bonchev–Trinajstić information content (AvgIpc) is 3.14. The molecule has 4 heterocycles. The van der Waals surface area contributed by atoms with E-state index in [1.807, 2.05) is 13.1 Å². The van der Waals surface area contributed by atoms with Crippen molar-refractivity contribution in [2.24, 2.45) is 0 Å². The molecule has 9 heteroatoms. The molecular weight excluding hydrogens is 358 g/mol. The molecule has 1 N–H and O–H groups in total. The monoisotopic (exact) mass is 381 g/mol. The average molecular weight is 381 g/mol. The highest BCUT2D eigenvalue weighted by Gasteiger charge is 2.26. The molecule has 2 saturated heterocycles. The van der Waals surface area contributed by atoms with Gasteiger partial charge in [-0.1, -0.05) is 6.07 Å². The second-order valence-corrected chi connectivity index (χ2v) is 7.08. The standard InChI is InChI=1S/C19H23N7O2/c1-13-9-14(2)17(23-10-13)24-5-7-25(8-6-24)18(27)15-11-22-16(12-21-15)26-4-3-20-19(26)28/h9-12H,3-8H2,1-2H3,(H,20,28). The van der Waals surface area contributed by atoms with Crippen LogP contribution in [0.3, 0.4) is 0 Å². The molecule has 0 spiro atoms. The van der Waals surface area contributed by atoms with Gasteiger partial charge in [-0.2, -0.15) is 0 Å². The normalized spacial score (nSPS) is 17.1. The van der Waals surface area contributed by atoms with Crippen LogP contribution in [0.4, 0.5) is 16.4 Å². The minimum Gasteiger partial charge on any atom is -0.353 e. The van der Waals surface area contributed by atoms with Crippen LogP contribution in [-0.4, -0.2) is 71.1 Å². The van der Waals surface area contributed by atoms with Crippen LogP contribution in [0.5, 0.6) is 0 Å². The number of pyridine rings is 1. The van der Waals surface area contributed by atoms with Crippen molar-refractivity contribution in [3.8, 4) is 0 Å². The number of anilines is 2. The zero-order valence-electron chi connectivity index (χ0n) is 16.1. The maximum Gasteiger partial charge on any atom is 0.323 e. The highest BCUT2D eigenvalue weighted by atomic mass is 16.2. The van der Waals surface area contributed by atoms with Crippen molar-refractivity contribution >= 4 is 23.6 Å². The Labute approximate surface area is 163 Å². The fraction of sp³-hybridized carbons (Fsp3) is 0.421. The third-order valence-corrected chi connectivity index (χ3v) is 5.04. The predicted octanol–water partition coefficient (Wildman–Crippen LogP) is 0.980. The summed E-state index contributed by atoms with van der Waals surface area (Å²) in [5.74, 6) is 1.29. The van der Waals surface area contributed by atoms with Gasteiger partial charge in [0.1, 0.15) is 11.5 Å². The van der Waals surface area contributed by atoms with Gasteiger partial charge >= 0.3 is 6.03 Å². The van der Waals surface area contributed by atoms with Gasteiger partial charge in [-0.3, -0.25) is 9.69 Å². The number of urea groups is 1. The van der Waals surface area contributed by atoms with Gasteiger partial charge in [-0.05, 0) is 25.0 Å². The third kappa shape index (κ3) is 3.47. The largest absolute Gasteiger partial charge is 0.353 e. The highest BCUT2D eigenvalue weighted by Crippen LogP contribution is 2.20. The minimum absolute atomic E-state index is 0.141. The van der Waals surface area contributed by atoms with E-state index < -0.39 is 0 Å². The van der Waals surface area contributed by atoms with Crippen molar-refractivity contribution in [3.63, 3.8) is 0 Å². The van der Waals surface area contributed by atoms with E-state index in [9.17, 15) is 9.59 Å². The lowest BCUT2D eigenvalue weighted by molar-refractivity contribution is 0.0740. The first-order valence-corrected chi connectivity index (χ1v) is 9.38. The van der Waals surface area contributed by atoms with E-state index >= 15 is 0 Å². The fourth-order valence-electron chi connectivity index (χ4n) is 3.58. The molecule has 0 aromatic carbocycles. The van der Waals surface area contributed by atoms with E-state index in [2.05, 4.69) is 38.2 Å². The Morgan fingerprint density at radius 2 is 1.79 bits per heavy atom. The van der Waals surface area contributed by atoms with Crippen LogP contribution in [0, 0.1) is 13.8 Å². The lowest BCUT2D eigenvalue weighted by atomic mass is 10.2. The van der Waals surface area contributed by atoms with Crippen LogP contribution in [-0.2, 0) is 0 Å². The quantitative estimate of drug-likeness (QED) is 0.852. The molecule has 4 rings (SSSR count). The molecule has 0 radical (unpaired) electrons. The maximum atomic E-state index is 12.7. The van der Waals surface area contributed by atoms with Crippen molar-refractivity contribution in [2.45, 2.75) is 13.8 Å². The molecule has 146 valence electrons. The first kappa shape index (κ1) is 18.1. The molecule has 2 aromatic heterocycles. The lowest BCUT2D eigenvalue weighted by Gasteiger charge is -2.35. The molecule has 0 saturated carbocycles. The lowest BCUT2D eigenvalue weighted by Crippen LogP contribution is -2.49. The number of hydrogen-bond donors (Lipinski definition) is 1. The van der Waals surface area contributed by atoms with Crippen LogP contribution < -0.4 is 15.1 Å². The van der Waals surface area contributed by atoms with Gasteiger partial charge in [0.05, 0.1) is 12.4 Å². The molecule has 2 fully saturated rings. The number of aryl methyl sites for hydroxylation is 2. The van der Waals surface area contributed by atoms with Crippen molar-refractivity contribution in [2.75, 3.05) is 49.1 Å². The Morgan fingerprint density at radius 1 is 1.00 bits per heavy atom. The van der Waals surface area contributed by atoms with Gasteiger partial charge in [0.15, 0.2) is 5.82 Å². The van der Waals surface area contributed by atoms with E-state index in [0.29, 0.717) is 37.7 Å². The molecule has 2 aromatic rings. The highest BCUT2D eigenvalue weighted by molar-refractivity contribution is 5.94. The summed E-state index contributed by atoms with van der Waals surface area (Å²) >= 11 is 0. The molecular formula is C19H23N7O2. The minimum atomic E-state index is -0.190. The number of carbonyl (C=O) groups is 2. The first-order chi connectivity index (χ1) is 13.5. The summed E-state index contributed by atoms with van der Waals surface area (Å²) in [7, 11) is 0. The Kier molecular flexibility index (Phi) is 4.81. The summed E-state index contributed by atoms with van der Waals surface area (Å²) in [6.07, 6.45) is 4.80. The van der Waals surface area contributed by atoms with Crippen LogP contribution in [0.1, 0.15) is 21.6 Å². The molecule has 0 unspecified atom stereocenters. The van der Waals surface area contributed by atoms with Crippen molar-refractivity contribution in [1.82, 2.24) is 25.2 Å². The zero-order valence-corrected chi connectivity index (χ0v) is 16.1. The third-order valence-electron chi connectivity index (χ3n) is 5.04.